The van der Waals surface area contributed by atoms with Crippen LogP contribution < -0.4 is 4.74 Å². The lowest BCUT2D eigenvalue weighted by Crippen LogP contribution is -2.38. The molecule has 122 valence electrons. The summed E-state index contributed by atoms with van der Waals surface area (Å²) in [5, 5.41) is 4.43. The highest BCUT2D eigenvalue weighted by atomic mass is 32.1. The summed E-state index contributed by atoms with van der Waals surface area (Å²) >= 11 is 1.69. The Morgan fingerprint density at radius 2 is 1.83 bits per heavy atom. The highest BCUT2D eigenvalue weighted by molar-refractivity contribution is 7.10. The van der Waals surface area contributed by atoms with Gasteiger partial charge in [0.15, 0.2) is 11.9 Å². The van der Waals surface area contributed by atoms with Gasteiger partial charge in [0.1, 0.15) is 5.75 Å². The van der Waals surface area contributed by atoms with Crippen LogP contribution >= 0.6 is 11.3 Å². The number of rotatable bonds is 2. The number of carbonyl (C=O) groups excluding carboxylic acids is 1. The van der Waals surface area contributed by atoms with E-state index in [-0.39, 0.29) is 11.7 Å². The smallest absolute Gasteiger partial charge is 0.179 e. The van der Waals surface area contributed by atoms with Crippen LogP contribution in [0, 0.1) is 5.41 Å². The summed E-state index contributed by atoms with van der Waals surface area (Å²) in [6.07, 6.45) is -0.454. The van der Waals surface area contributed by atoms with Gasteiger partial charge in [0.2, 0.25) is 0 Å². The van der Waals surface area contributed by atoms with Crippen LogP contribution in [-0.2, 0) is 4.79 Å². The Bertz CT molecular complexity index is 903. The maximum Gasteiger partial charge on any atom is 0.179 e. The van der Waals surface area contributed by atoms with Gasteiger partial charge < -0.3 is 4.74 Å². The van der Waals surface area contributed by atoms with Crippen molar-refractivity contribution in [3.8, 4) is 5.75 Å². The molecule has 0 bridgehead atoms. The third-order valence-electron chi connectivity index (χ3n) is 4.65. The average molecular weight is 336 g/mol. The average Bonchev–Trinajstić information content (AvgIpc) is 3.20. The molecule has 0 saturated heterocycles. The number of ether oxygens (including phenoxy) is 1. The minimum Gasteiger partial charge on any atom is -0.481 e. The monoisotopic (exact) mass is 336 g/mol. The van der Waals surface area contributed by atoms with Crippen molar-refractivity contribution in [2.75, 3.05) is 0 Å². The Hall–Kier alpha value is -2.13. The first-order valence-corrected chi connectivity index (χ1v) is 9.11. The highest BCUT2D eigenvalue weighted by Crippen LogP contribution is 2.48. The topological polar surface area (TPSA) is 26.3 Å². The third-order valence-corrected chi connectivity index (χ3v) is 5.60. The SMILES string of the molecule is CC(C)(C)C(=O)[C@H]1Oc2ccc3ccccc3c2[C@@H]1c1cccs1. The van der Waals surface area contributed by atoms with Gasteiger partial charge in [-0.3, -0.25) is 4.79 Å². The first kappa shape index (κ1) is 15.4. The van der Waals surface area contributed by atoms with Gasteiger partial charge in [-0.25, -0.2) is 0 Å². The van der Waals surface area contributed by atoms with E-state index >= 15 is 0 Å². The lowest BCUT2D eigenvalue weighted by atomic mass is 9.80. The molecule has 0 aliphatic carbocycles. The van der Waals surface area contributed by atoms with Gasteiger partial charge in [0, 0.05) is 15.9 Å². The van der Waals surface area contributed by atoms with Gasteiger partial charge in [-0.2, -0.15) is 0 Å². The number of benzene rings is 2. The minimum absolute atomic E-state index is 0.0298. The zero-order valence-corrected chi connectivity index (χ0v) is 14.9. The quantitative estimate of drug-likeness (QED) is 0.625. The van der Waals surface area contributed by atoms with Crippen LogP contribution in [0.25, 0.3) is 10.8 Å². The number of ketones is 1. The molecule has 24 heavy (non-hydrogen) atoms. The fraction of sp³-hybridized carbons (Fsp3) is 0.286. The van der Waals surface area contributed by atoms with Crippen LogP contribution in [0.15, 0.2) is 53.9 Å². The number of thiophene rings is 1. The molecular formula is C21H20O2S. The van der Waals surface area contributed by atoms with Crippen LogP contribution in [0.3, 0.4) is 0 Å². The predicted molar refractivity (Wildman–Crippen MR) is 99.0 cm³/mol. The molecule has 0 amide bonds. The second-order valence-corrected chi connectivity index (χ2v) is 8.32. The van der Waals surface area contributed by atoms with Crippen molar-refractivity contribution in [2.24, 2.45) is 5.41 Å². The Kier molecular flexibility index (Phi) is 3.50. The number of hydrogen-bond acceptors (Lipinski definition) is 3. The zero-order valence-electron chi connectivity index (χ0n) is 14.1. The fourth-order valence-electron chi connectivity index (χ4n) is 3.45. The second kappa shape index (κ2) is 5.45. The number of carbonyl (C=O) groups is 1. The summed E-state index contributed by atoms with van der Waals surface area (Å²) in [4.78, 5) is 14.2. The summed E-state index contributed by atoms with van der Waals surface area (Å²) in [7, 11) is 0. The van der Waals surface area contributed by atoms with Gasteiger partial charge >= 0.3 is 0 Å². The third kappa shape index (κ3) is 2.35. The summed E-state index contributed by atoms with van der Waals surface area (Å²) in [5.74, 6) is 0.966. The van der Waals surface area contributed by atoms with Crippen molar-refractivity contribution in [3.05, 3.63) is 64.4 Å². The van der Waals surface area contributed by atoms with Crippen molar-refractivity contribution in [1.29, 1.82) is 0 Å². The first-order chi connectivity index (χ1) is 11.5. The van der Waals surface area contributed by atoms with Crippen molar-refractivity contribution >= 4 is 27.9 Å². The maximum atomic E-state index is 13.1. The van der Waals surface area contributed by atoms with Crippen molar-refractivity contribution < 1.29 is 9.53 Å². The van der Waals surface area contributed by atoms with Crippen molar-refractivity contribution in [3.63, 3.8) is 0 Å². The molecule has 2 aromatic carbocycles. The molecule has 0 saturated carbocycles. The predicted octanol–water partition coefficient (Wildman–Crippen LogP) is 5.41. The number of Topliss-reactive ketones (excluding diaryl/α,β-unsaturated/α-hetero) is 1. The van der Waals surface area contributed by atoms with E-state index in [9.17, 15) is 4.79 Å². The first-order valence-electron chi connectivity index (χ1n) is 8.23. The van der Waals surface area contributed by atoms with Gasteiger partial charge in [0.05, 0.1) is 5.92 Å². The van der Waals surface area contributed by atoms with E-state index in [1.165, 1.54) is 15.6 Å². The molecule has 2 nitrogen and oxygen atoms in total. The van der Waals surface area contributed by atoms with Gasteiger partial charge in [0.25, 0.3) is 0 Å². The highest BCUT2D eigenvalue weighted by Gasteiger charge is 2.45. The molecule has 1 aliphatic rings. The van der Waals surface area contributed by atoms with Crippen molar-refractivity contribution in [2.45, 2.75) is 32.8 Å². The van der Waals surface area contributed by atoms with E-state index in [0.717, 1.165) is 11.3 Å². The molecule has 3 heteroatoms. The molecular weight excluding hydrogens is 316 g/mol. The molecule has 0 fully saturated rings. The van der Waals surface area contributed by atoms with E-state index in [1.54, 1.807) is 11.3 Å². The second-order valence-electron chi connectivity index (χ2n) is 7.34. The van der Waals surface area contributed by atoms with Crippen LogP contribution in [-0.4, -0.2) is 11.9 Å². The van der Waals surface area contributed by atoms with Gasteiger partial charge in [-0.15, -0.1) is 11.3 Å². The molecule has 0 radical (unpaired) electrons. The van der Waals surface area contributed by atoms with E-state index in [0.29, 0.717) is 0 Å². The maximum absolute atomic E-state index is 13.1. The van der Waals surface area contributed by atoms with Crippen molar-refractivity contribution in [1.82, 2.24) is 0 Å². The van der Waals surface area contributed by atoms with Crippen LogP contribution in [0.1, 0.15) is 37.1 Å². The molecule has 2 atom stereocenters. The number of fused-ring (bicyclic) bond motifs is 3. The van der Waals surface area contributed by atoms with E-state index in [2.05, 4.69) is 29.6 Å². The summed E-state index contributed by atoms with van der Waals surface area (Å²) in [5.41, 5.74) is 0.719. The largest absolute Gasteiger partial charge is 0.481 e. The van der Waals surface area contributed by atoms with E-state index in [1.807, 2.05) is 45.0 Å². The molecule has 4 rings (SSSR count). The Morgan fingerprint density at radius 1 is 1.04 bits per heavy atom. The molecule has 2 heterocycles. The summed E-state index contributed by atoms with van der Waals surface area (Å²) in [6, 6.07) is 16.6. The van der Waals surface area contributed by atoms with Crippen LogP contribution in [0.2, 0.25) is 0 Å². The molecule has 1 aromatic heterocycles. The lowest BCUT2D eigenvalue weighted by Gasteiger charge is -2.25. The van der Waals surface area contributed by atoms with Crippen LogP contribution in [0.5, 0.6) is 5.75 Å². The van der Waals surface area contributed by atoms with Gasteiger partial charge in [-0.1, -0.05) is 57.2 Å². The minimum atomic E-state index is -0.454. The summed E-state index contributed by atoms with van der Waals surface area (Å²) < 4.78 is 6.20. The molecule has 0 unspecified atom stereocenters. The Labute approximate surface area is 146 Å². The number of hydrogen-bond donors (Lipinski definition) is 0. The van der Waals surface area contributed by atoms with Gasteiger partial charge in [-0.05, 0) is 28.3 Å². The van der Waals surface area contributed by atoms with Crippen LogP contribution in [0.4, 0.5) is 0 Å². The molecule has 0 spiro atoms. The Morgan fingerprint density at radius 3 is 2.54 bits per heavy atom. The normalized spacial score (nSPS) is 20.0. The summed E-state index contributed by atoms with van der Waals surface area (Å²) in [6.45, 7) is 5.89. The zero-order chi connectivity index (χ0) is 16.9. The molecule has 3 aromatic rings. The molecule has 0 N–H and O–H groups in total. The fourth-order valence-corrected chi connectivity index (χ4v) is 4.31. The van der Waals surface area contributed by atoms with E-state index in [4.69, 9.17) is 4.74 Å². The standard InChI is InChI=1S/C21H20O2S/c1-21(2,3)20(22)19-18(16-9-6-12-24-16)17-14-8-5-4-7-13(14)10-11-15(17)23-19/h4-12,18-19H,1-3H3/t18-,19-/m0/s1. The lowest BCUT2D eigenvalue weighted by molar-refractivity contribution is -0.133. The van der Waals surface area contributed by atoms with E-state index < -0.39 is 11.5 Å². The molecule has 1 aliphatic heterocycles. The Balaban J connectivity index is 1.94.